The molecule has 6 atom stereocenters. The number of nitrogens with one attached hydrogen (secondary N) is 6. The van der Waals surface area contributed by atoms with E-state index >= 15 is 0 Å². The zero-order valence-electron chi connectivity index (χ0n) is 34.3. The number of hydrogen-bond acceptors (Lipinski definition) is 9. The van der Waals surface area contributed by atoms with Crippen LogP contribution < -0.4 is 38.1 Å². The fraction of sp³-hybridized carbons (Fsp3) is 0.500. The van der Waals surface area contributed by atoms with Crippen LogP contribution in [0, 0.1) is 0 Å². The number of aromatic amines is 1. The van der Waals surface area contributed by atoms with Gasteiger partial charge in [0.25, 0.3) is 0 Å². The van der Waals surface area contributed by atoms with Crippen LogP contribution in [0.5, 0.6) is 0 Å². The van der Waals surface area contributed by atoms with Gasteiger partial charge in [0.1, 0.15) is 36.3 Å². The van der Waals surface area contributed by atoms with Gasteiger partial charge in [-0.3, -0.25) is 33.6 Å². The van der Waals surface area contributed by atoms with Gasteiger partial charge in [0.2, 0.25) is 41.4 Å². The van der Waals surface area contributed by atoms with Gasteiger partial charge in [0.15, 0.2) is 0 Å². The molecular formula is C42H59N9O7S. The van der Waals surface area contributed by atoms with Crippen molar-refractivity contribution in [3.05, 3.63) is 71.9 Å². The molecule has 4 rings (SSSR count). The third-order valence-corrected chi connectivity index (χ3v) is 11.3. The average molecular weight is 834 g/mol. The summed E-state index contributed by atoms with van der Waals surface area (Å²) < 4.78 is 0. The van der Waals surface area contributed by atoms with Gasteiger partial charge >= 0.3 is 0 Å². The standard InChI is InChI=1S/C42H59N9O7S/c1-25(46-39(55)27(3)51(30-15-9-6-10-16-30)42(58)26(2)47-40(56)33(19-20-59-4)48-36(52)23-43)38(54)50-35(22-29-24-45-32-18-12-11-17-31(29)32)41(57)49-34(37(44)53)21-28-13-7-5-8-14-28/h5,7-8,11-14,17-18,24-27,30,33-35,45H,6,9-10,15-16,19-23,43H2,1-4H3,(H2,44,53)(H,46,55)(H,47,56)(H,48,52)(H,49,57)(H,50,54)/t25-,26-,27+,33-,34+,35-/m0/s1. The number of H-pyrrole nitrogens is 1. The Kier molecular flexibility index (Phi) is 17.8. The minimum atomic E-state index is -1.17. The van der Waals surface area contributed by atoms with E-state index in [1.165, 1.54) is 30.5 Å². The van der Waals surface area contributed by atoms with E-state index < -0.39 is 77.6 Å². The first kappa shape index (κ1) is 46.3. The van der Waals surface area contributed by atoms with E-state index in [0.717, 1.165) is 41.3 Å². The van der Waals surface area contributed by atoms with E-state index in [9.17, 15) is 33.6 Å². The molecule has 0 spiro atoms. The van der Waals surface area contributed by atoms with Crippen molar-refractivity contribution in [2.75, 3.05) is 18.6 Å². The predicted octanol–water partition coefficient (Wildman–Crippen LogP) is 1.16. The number of carbonyl (C=O) groups excluding carboxylic acids is 7. The van der Waals surface area contributed by atoms with E-state index in [2.05, 4.69) is 31.6 Å². The monoisotopic (exact) mass is 833 g/mol. The summed E-state index contributed by atoms with van der Waals surface area (Å²) in [6.45, 7) is 4.29. The van der Waals surface area contributed by atoms with Crippen molar-refractivity contribution in [3.8, 4) is 0 Å². The molecule has 1 heterocycles. The van der Waals surface area contributed by atoms with Gasteiger partial charge in [-0.15, -0.1) is 0 Å². The Balaban J connectivity index is 1.50. The molecule has 16 nitrogen and oxygen atoms in total. The highest BCUT2D eigenvalue weighted by Crippen LogP contribution is 2.25. The smallest absolute Gasteiger partial charge is 0.245 e. The molecule has 3 aromatic rings. The zero-order valence-corrected chi connectivity index (χ0v) is 35.1. The van der Waals surface area contributed by atoms with Crippen molar-refractivity contribution in [2.45, 2.75) is 114 Å². The molecule has 1 fully saturated rings. The van der Waals surface area contributed by atoms with Crippen molar-refractivity contribution in [1.82, 2.24) is 36.5 Å². The number of para-hydroxylation sites is 1. The Morgan fingerprint density at radius 1 is 0.746 bits per heavy atom. The number of benzene rings is 2. The molecule has 10 N–H and O–H groups in total. The van der Waals surface area contributed by atoms with Crippen LogP contribution in [0.3, 0.4) is 0 Å². The van der Waals surface area contributed by atoms with Crippen molar-refractivity contribution in [1.29, 1.82) is 0 Å². The summed E-state index contributed by atoms with van der Waals surface area (Å²) in [6.07, 6.45) is 8.15. The Morgan fingerprint density at radius 3 is 2.03 bits per heavy atom. The molecule has 59 heavy (non-hydrogen) atoms. The number of hydrogen-bond donors (Lipinski definition) is 8. The summed E-state index contributed by atoms with van der Waals surface area (Å²) in [5, 5.41) is 14.4. The fourth-order valence-electron chi connectivity index (χ4n) is 7.30. The van der Waals surface area contributed by atoms with Crippen LogP contribution in [0.2, 0.25) is 0 Å². The van der Waals surface area contributed by atoms with Crippen LogP contribution in [0.1, 0.15) is 70.4 Å². The fourth-order valence-corrected chi connectivity index (χ4v) is 7.77. The highest BCUT2D eigenvalue weighted by Gasteiger charge is 2.37. The van der Waals surface area contributed by atoms with Gasteiger partial charge in [0, 0.05) is 36.0 Å². The van der Waals surface area contributed by atoms with E-state index in [1.807, 2.05) is 60.9 Å². The molecule has 0 radical (unpaired) electrons. The van der Waals surface area contributed by atoms with E-state index in [-0.39, 0.29) is 25.4 Å². The Labute approximate surface area is 349 Å². The van der Waals surface area contributed by atoms with Crippen molar-refractivity contribution in [2.24, 2.45) is 11.5 Å². The highest BCUT2D eigenvalue weighted by atomic mass is 32.2. The minimum absolute atomic E-state index is 0.0527. The van der Waals surface area contributed by atoms with E-state index in [4.69, 9.17) is 11.5 Å². The molecule has 1 aliphatic rings. The number of carbonyl (C=O) groups is 7. The lowest BCUT2D eigenvalue weighted by Gasteiger charge is -2.39. The largest absolute Gasteiger partial charge is 0.368 e. The number of rotatable bonds is 21. The molecule has 1 saturated carbocycles. The van der Waals surface area contributed by atoms with E-state index in [1.54, 1.807) is 13.1 Å². The van der Waals surface area contributed by atoms with Crippen LogP contribution in [-0.2, 0) is 46.4 Å². The quantitative estimate of drug-likeness (QED) is 0.0766. The molecule has 0 unspecified atom stereocenters. The lowest BCUT2D eigenvalue weighted by atomic mass is 9.92. The first-order valence-electron chi connectivity index (χ1n) is 20.1. The second kappa shape index (κ2) is 22.7. The van der Waals surface area contributed by atoms with E-state index in [0.29, 0.717) is 25.0 Å². The third kappa shape index (κ3) is 13.3. The molecule has 1 aromatic heterocycles. The summed E-state index contributed by atoms with van der Waals surface area (Å²) >= 11 is 1.50. The molecule has 2 aromatic carbocycles. The molecule has 7 amide bonds. The minimum Gasteiger partial charge on any atom is -0.368 e. The maximum atomic E-state index is 14.1. The second-order valence-electron chi connectivity index (χ2n) is 15.1. The average Bonchev–Trinajstić information content (AvgIpc) is 3.64. The molecule has 0 aliphatic heterocycles. The van der Waals surface area contributed by atoms with Gasteiger partial charge in [-0.25, -0.2) is 0 Å². The summed E-state index contributed by atoms with van der Waals surface area (Å²) in [6, 6.07) is 9.93. The maximum Gasteiger partial charge on any atom is 0.245 e. The molecule has 0 bridgehead atoms. The van der Waals surface area contributed by atoms with Gasteiger partial charge in [-0.05, 0) is 69.2 Å². The molecule has 320 valence electrons. The summed E-state index contributed by atoms with van der Waals surface area (Å²) in [4.78, 5) is 98.3. The predicted molar refractivity (Wildman–Crippen MR) is 228 cm³/mol. The molecule has 1 aliphatic carbocycles. The lowest BCUT2D eigenvalue weighted by molar-refractivity contribution is -0.146. The number of thioether (sulfide) groups is 1. The van der Waals surface area contributed by atoms with Gasteiger partial charge in [-0.1, -0.05) is 67.8 Å². The van der Waals surface area contributed by atoms with Crippen molar-refractivity contribution >= 4 is 64.0 Å². The van der Waals surface area contributed by atoms with Crippen molar-refractivity contribution in [3.63, 3.8) is 0 Å². The first-order chi connectivity index (χ1) is 28.2. The number of nitrogens with two attached hydrogens (primary N) is 2. The van der Waals surface area contributed by atoms with Crippen LogP contribution in [0.4, 0.5) is 0 Å². The van der Waals surface area contributed by atoms with Gasteiger partial charge < -0.3 is 47.9 Å². The zero-order chi connectivity index (χ0) is 43.1. The van der Waals surface area contributed by atoms with Gasteiger partial charge in [0.05, 0.1) is 6.54 Å². The topological polar surface area (TPSA) is 251 Å². The molecule has 17 heteroatoms. The third-order valence-electron chi connectivity index (χ3n) is 10.6. The molecule has 0 saturated heterocycles. The number of fused-ring (bicyclic) bond motifs is 1. The Bertz CT molecular complexity index is 1920. The van der Waals surface area contributed by atoms with Gasteiger partial charge in [-0.2, -0.15) is 11.8 Å². The summed E-state index contributed by atoms with van der Waals surface area (Å²) in [5.74, 6) is -3.59. The number of primary amides is 1. The first-order valence-corrected chi connectivity index (χ1v) is 21.5. The highest BCUT2D eigenvalue weighted by molar-refractivity contribution is 7.98. The van der Waals surface area contributed by atoms with Crippen LogP contribution in [0.15, 0.2) is 60.8 Å². The maximum absolute atomic E-state index is 14.1. The number of nitrogens with zero attached hydrogens (tertiary/aromatic N) is 1. The second-order valence-corrected chi connectivity index (χ2v) is 16.0. The number of amides is 7. The Hall–Kier alpha value is -5.42. The summed E-state index contributed by atoms with van der Waals surface area (Å²) in [7, 11) is 0. The summed E-state index contributed by atoms with van der Waals surface area (Å²) in [5.41, 5.74) is 13.5. The SMILES string of the molecule is CSCC[C@H](NC(=O)CN)C(=O)N[C@@H](C)C(=O)N(C1CCCCC1)[C@H](C)C(=O)N[C@@H](C)C(=O)N[C@@H](Cc1c[nH]c2ccccc12)C(=O)N[C@H](Cc1ccccc1)C(N)=O. The van der Waals surface area contributed by atoms with Crippen LogP contribution in [0.25, 0.3) is 10.9 Å². The van der Waals surface area contributed by atoms with Crippen LogP contribution >= 0.6 is 11.8 Å². The number of aromatic nitrogens is 1. The lowest BCUT2D eigenvalue weighted by Crippen LogP contribution is -2.61. The Morgan fingerprint density at radius 2 is 1.37 bits per heavy atom. The van der Waals surface area contributed by atoms with Crippen LogP contribution in [-0.4, -0.2) is 112 Å². The molecular weight excluding hydrogens is 775 g/mol. The normalized spacial score (nSPS) is 16.0. The van der Waals surface area contributed by atoms with Crippen molar-refractivity contribution < 1.29 is 33.6 Å².